The number of pyridine rings is 1. The Hall–Kier alpha value is -1.38. The highest BCUT2D eigenvalue weighted by Gasteiger charge is 2.42. The normalized spacial score (nSPS) is 31.6. The Labute approximate surface area is 95.3 Å². The Balaban J connectivity index is 1.66. The maximum absolute atomic E-state index is 12.1. The van der Waals surface area contributed by atoms with E-state index in [1.54, 1.807) is 12.4 Å². The second-order valence-electron chi connectivity index (χ2n) is 5.01. The first-order chi connectivity index (χ1) is 7.83. The van der Waals surface area contributed by atoms with Gasteiger partial charge in [0.1, 0.15) is 0 Å². The third kappa shape index (κ3) is 1.70. The van der Waals surface area contributed by atoms with E-state index in [4.69, 9.17) is 0 Å². The van der Waals surface area contributed by atoms with Gasteiger partial charge >= 0.3 is 0 Å². The van der Waals surface area contributed by atoms with Crippen LogP contribution in [0.25, 0.3) is 0 Å². The van der Waals surface area contributed by atoms with E-state index in [2.05, 4.69) is 10.3 Å². The van der Waals surface area contributed by atoms with Crippen LogP contribution in [0, 0.1) is 17.8 Å². The van der Waals surface area contributed by atoms with Gasteiger partial charge in [-0.1, -0.05) is 6.42 Å². The van der Waals surface area contributed by atoms with Crippen LogP contribution >= 0.6 is 0 Å². The smallest absolute Gasteiger partial charge is 0.227 e. The number of nitrogens with one attached hydrogen (secondary N) is 1. The summed E-state index contributed by atoms with van der Waals surface area (Å²) in [4.78, 5) is 16.1. The van der Waals surface area contributed by atoms with E-state index in [9.17, 15) is 4.79 Å². The molecule has 2 aliphatic carbocycles. The number of carbonyl (C=O) groups is 1. The van der Waals surface area contributed by atoms with E-state index in [1.807, 2.05) is 12.1 Å². The second-order valence-corrected chi connectivity index (χ2v) is 5.01. The maximum atomic E-state index is 12.1. The largest absolute Gasteiger partial charge is 0.324 e. The molecule has 2 fully saturated rings. The minimum absolute atomic E-state index is 0.195. The number of nitrogens with zero attached hydrogens (tertiary/aromatic N) is 1. The molecule has 84 valence electrons. The minimum atomic E-state index is 0.195. The van der Waals surface area contributed by atoms with E-state index >= 15 is 0 Å². The molecule has 0 unspecified atom stereocenters. The Bertz CT molecular complexity index is 390. The summed E-state index contributed by atoms with van der Waals surface area (Å²) in [5.41, 5.74) is 0.815. The molecule has 1 aromatic rings. The Morgan fingerprint density at radius 1 is 1.38 bits per heavy atom. The molecule has 2 aliphatic rings. The number of carbonyl (C=O) groups excluding carboxylic acids is 1. The predicted octanol–water partition coefficient (Wildman–Crippen LogP) is 2.46. The zero-order valence-electron chi connectivity index (χ0n) is 9.23. The average molecular weight is 216 g/mol. The van der Waals surface area contributed by atoms with Crippen molar-refractivity contribution in [3.63, 3.8) is 0 Å². The lowest BCUT2D eigenvalue weighted by atomic mass is 9.88. The summed E-state index contributed by atoms with van der Waals surface area (Å²) in [6, 6.07) is 3.73. The number of amides is 1. The van der Waals surface area contributed by atoms with Crippen LogP contribution in [0.15, 0.2) is 24.5 Å². The van der Waals surface area contributed by atoms with Crippen molar-refractivity contribution in [1.82, 2.24) is 4.98 Å². The molecule has 0 spiro atoms. The van der Waals surface area contributed by atoms with E-state index < -0.39 is 0 Å². The van der Waals surface area contributed by atoms with Crippen molar-refractivity contribution in [2.45, 2.75) is 25.7 Å². The summed E-state index contributed by atoms with van der Waals surface area (Å²) in [6.07, 6.45) is 8.36. The third-order valence-electron chi connectivity index (χ3n) is 4.00. The van der Waals surface area contributed by atoms with Crippen molar-refractivity contribution >= 4 is 11.6 Å². The number of fused-ring (bicyclic) bond motifs is 2. The molecule has 3 atom stereocenters. The zero-order chi connectivity index (χ0) is 11.0. The van der Waals surface area contributed by atoms with Crippen molar-refractivity contribution in [2.24, 2.45) is 17.8 Å². The summed E-state index contributed by atoms with van der Waals surface area (Å²) >= 11 is 0. The molecule has 3 heteroatoms. The summed E-state index contributed by atoms with van der Waals surface area (Å²) in [7, 11) is 0. The third-order valence-corrected chi connectivity index (χ3v) is 4.00. The fourth-order valence-electron chi connectivity index (χ4n) is 3.24. The first-order valence-electron chi connectivity index (χ1n) is 6.04. The van der Waals surface area contributed by atoms with Crippen molar-refractivity contribution < 1.29 is 4.79 Å². The minimum Gasteiger partial charge on any atom is -0.324 e. The fourth-order valence-corrected chi connectivity index (χ4v) is 3.24. The molecule has 1 N–H and O–H groups in total. The lowest BCUT2D eigenvalue weighted by Crippen LogP contribution is -2.27. The Kier molecular flexibility index (Phi) is 2.39. The standard InChI is InChI=1S/C13H16N2O/c16-13(15-11-2-1-5-14-8-11)12-7-9-3-4-10(12)6-9/h1-2,5,8-10,12H,3-4,6-7H2,(H,15,16)/t9-,10+,12-/m1/s1. The van der Waals surface area contributed by atoms with Crippen LogP contribution in [-0.2, 0) is 4.79 Å². The highest BCUT2D eigenvalue weighted by atomic mass is 16.1. The molecular formula is C13H16N2O. The van der Waals surface area contributed by atoms with E-state index in [0.29, 0.717) is 5.92 Å². The number of anilines is 1. The molecular weight excluding hydrogens is 200 g/mol. The Morgan fingerprint density at radius 2 is 2.31 bits per heavy atom. The summed E-state index contributed by atoms with van der Waals surface area (Å²) < 4.78 is 0. The fraction of sp³-hybridized carbons (Fsp3) is 0.538. The number of hydrogen-bond donors (Lipinski definition) is 1. The van der Waals surface area contributed by atoms with Gasteiger partial charge in [0.25, 0.3) is 0 Å². The summed E-state index contributed by atoms with van der Waals surface area (Å²) in [5, 5.41) is 2.97. The van der Waals surface area contributed by atoms with Gasteiger partial charge in [0.2, 0.25) is 5.91 Å². The van der Waals surface area contributed by atoms with E-state index in [0.717, 1.165) is 18.0 Å². The molecule has 0 saturated heterocycles. The van der Waals surface area contributed by atoms with Crippen LogP contribution in [0.1, 0.15) is 25.7 Å². The number of rotatable bonds is 2. The first-order valence-corrected chi connectivity index (χ1v) is 6.04. The molecule has 0 aliphatic heterocycles. The van der Waals surface area contributed by atoms with E-state index in [-0.39, 0.29) is 11.8 Å². The van der Waals surface area contributed by atoms with Crippen LogP contribution in [0.5, 0.6) is 0 Å². The lowest BCUT2D eigenvalue weighted by Gasteiger charge is -2.20. The van der Waals surface area contributed by atoms with Crippen LogP contribution in [0.2, 0.25) is 0 Å². The SMILES string of the molecule is O=C(Nc1cccnc1)[C@@H]1C[C@@H]2CC[C@H]1C2. The van der Waals surface area contributed by atoms with Gasteiger partial charge in [-0.15, -0.1) is 0 Å². The van der Waals surface area contributed by atoms with Crippen molar-refractivity contribution in [2.75, 3.05) is 5.32 Å². The van der Waals surface area contributed by atoms with Crippen LogP contribution in [0.3, 0.4) is 0 Å². The van der Waals surface area contributed by atoms with Gasteiger partial charge in [0.15, 0.2) is 0 Å². The molecule has 16 heavy (non-hydrogen) atoms. The quantitative estimate of drug-likeness (QED) is 0.825. The van der Waals surface area contributed by atoms with Crippen LogP contribution in [-0.4, -0.2) is 10.9 Å². The molecule has 2 saturated carbocycles. The van der Waals surface area contributed by atoms with Gasteiger partial charge in [-0.3, -0.25) is 9.78 Å². The summed E-state index contributed by atoms with van der Waals surface area (Å²) in [6.45, 7) is 0. The number of aromatic nitrogens is 1. The first kappa shape index (κ1) is 9.82. The van der Waals surface area contributed by atoms with Crippen LogP contribution in [0.4, 0.5) is 5.69 Å². The van der Waals surface area contributed by atoms with Crippen LogP contribution < -0.4 is 5.32 Å². The van der Waals surface area contributed by atoms with Gasteiger partial charge in [-0.25, -0.2) is 0 Å². The molecule has 3 rings (SSSR count). The van der Waals surface area contributed by atoms with Crippen molar-refractivity contribution in [3.8, 4) is 0 Å². The van der Waals surface area contributed by atoms with E-state index in [1.165, 1.54) is 19.3 Å². The average Bonchev–Trinajstić information content (AvgIpc) is 2.92. The molecule has 0 aromatic carbocycles. The van der Waals surface area contributed by atoms with Gasteiger partial charge < -0.3 is 5.32 Å². The molecule has 1 aromatic heterocycles. The van der Waals surface area contributed by atoms with Gasteiger partial charge in [-0.05, 0) is 43.2 Å². The van der Waals surface area contributed by atoms with Crippen molar-refractivity contribution in [1.29, 1.82) is 0 Å². The summed E-state index contributed by atoms with van der Waals surface area (Å²) in [5.74, 6) is 1.90. The maximum Gasteiger partial charge on any atom is 0.227 e. The van der Waals surface area contributed by atoms with Crippen molar-refractivity contribution in [3.05, 3.63) is 24.5 Å². The molecule has 3 nitrogen and oxygen atoms in total. The monoisotopic (exact) mass is 216 g/mol. The number of hydrogen-bond acceptors (Lipinski definition) is 2. The topological polar surface area (TPSA) is 42.0 Å². The molecule has 1 amide bonds. The molecule has 2 bridgehead atoms. The molecule has 0 radical (unpaired) electrons. The second kappa shape index (κ2) is 3.89. The zero-order valence-corrected chi connectivity index (χ0v) is 9.23. The Morgan fingerprint density at radius 3 is 2.94 bits per heavy atom. The van der Waals surface area contributed by atoms with Gasteiger partial charge in [0.05, 0.1) is 11.9 Å². The van der Waals surface area contributed by atoms with Gasteiger partial charge in [-0.2, -0.15) is 0 Å². The lowest BCUT2D eigenvalue weighted by molar-refractivity contribution is -0.121. The predicted molar refractivity (Wildman–Crippen MR) is 61.8 cm³/mol. The molecule has 1 heterocycles. The highest BCUT2D eigenvalue weighted by Crippen LogP contribution is 2.48. The van der Waals surface area contributed by atoms with Gasteiger partial charge in [0, 0.05) is 12.1 Å². The highest BCUT2D eigenvalue weighted by molar-refractivity contribution is 5.92.